The van der Waals surface area contributed by atoms with Gasteiger partial charge in [0.1, 0.15) is 5.82 Å². The van der Waals surface area contributed by atoms with Crippen LogP contribution in [0.5, 0.6) is 0 Å². The number of rotatable bonds is 2. The minimum atomic E-state index is -0.126. The predicted octanol–water partition coefficient (Wildman–Crippen LogP) is 4.01. The van der Waals surface area contributed by atoms with Crippen LogP contribution in [0.2, 0.25) is 0 Å². The fraction of sp³-hybridized carbons (Fsp3) is 0.571. The Balaban J connectivity index is 2.05. The quantitative estimate of drug-likeness (QED) is 0.734. The Morgan fingerprint density at radius 3 is 2.75 bits per heavy atom. The molecule has 0 bridgehead atoms. The van der Waals surface area contributed by atoms with E-state index in [4.69, 9.17) is 4.74 Å². The molecule has 2 unspecified atom stereocenters. The first kappa shape index (κ1) is 11.6. The lowest BCUT2D eigenvalue weighted by Crippen LogP contribution is -2.20. The Bertz CT molecular complexity index is 354. The Morgan fingerprint density at radius 1 is 1.38 bits per heavy atom. The molecule has 0 amide bonds. The van der Waals surface area contributed by atoms with Crippen LogP contribution < -0.4 is 0 Å². The van der Waals surface area contributed by atoms with Gasteiger partial charge in [-0.05, 0) is 42.9 Å². The fourth-order valence-corrected chi connectivity index (χ4v) is 2.20. The van der Waals surface area contributed by atoms with Crippen molar-refractivity contribution in [3.63, 3.8) is 0 Å². The summed E-state index contributed by atoms with van der Waals surface area (Å²) >= 11 is 0. The molecule has 2 heteroatoms. The molecule has 0 aromatic heterocycles. The third kappa shape index (κ3) is 2.43. The van der Waals surface area contributed by atoms with Crippen molar-refractivity contribution in [3.8, 4) is 0 Å². The fourth-order valence-electron chi connectivity index (χ4n) is 2.20. The van der Waals surface area contributed by atoms with Gasteiger partial charge in [0, 0.05) is 0 Å². The second-order valence-corrected chi connectivity index (χ2v) is 4.68. The maximum absolute atomic E-state index is 13.4. The van der Waals surface area contributed by atoms with Gasteiger partial charge in [0.15, 0.2) is 0 Å². The van der Waals surface area contributed by atoms with E-state index in [-0.39, 0.29) is 11.9 Å². The third-order valence-corrected chi connectivity index (χ3v) is 3.52. The van der Waals surface area contributed by atoms with E-state index in [1.165, 1.54) is 12.8 Å². The summed E-state index contributed by atoms with van der Waals surface area (Å²) in [5.41, 5.74) is 1.68. The lowest BCUT2D eigenvalue weighted by atomic mass is 9.93. The van der Waals surface area contributed by atoms with Crippen molar-refractivity contribution in [2.24, 2.45) is 5.92 Å². The average Bonchev–Trinajstić information content (AvgIpc) is 2.33. The van der Waals surface area contributed by atoms with E-state index in [0.717, 1.165) is 18.6 Å². The van der Waals surface area contributed by atoms with Gasteiger partial charge in [0.05, 0.1) is 12.7 Å². The zero-order valence-corrected chi connectivity index (χ0v) is 10.0. The molecule has 1 aromatic rings. The van der Waals surface area contributed by atoms with E-state index in [1.807, 2.05) is 12.1 Å². The van der Waals surface area contributed by atoms with E-state index in [0.29, 0.717) is 11.5 Å². The summed E-state index contributed by atoms with van der Waals surface area (Å²) in [5, 5.41) is 0. The van der Waals surface area contributed by atoms with E-state index < -0.39 is 0 Å². The van der Waals surface area contributed by atoms with Crippen LogP contribution in [-0.2, 0) is 4.74 Å². The van der Waals surface area contributed by atoms with E-state index in [1.54, 1.807) is 13.0 Å². The number of ether oxygens (including phenoxy) is 1. The standard InChI is InChI=1S/C14H19FO/c1-3-11-5-7-14(16-9-11)12-6-4-10(2)13(15)8-12/h4,6,8,11,14H,3,5,7,9H2,1-2H3. The van der Waals surface area contributed by atoms with Gasteiger partial charge in [0.2, 0.25) is 0 Å². The maximum Gasteiger partial charge on any atom is 0.126 e. The second kappa shape index (κ2) is 4.96. The molecule has 16 heavy (non-hydrogen) atoms. The molecular weight excluding hydrogens is 203 g/mol. The molecular formula is C14H19FO. The van der Waals surface area contributed by atoms with E-state index >= 15 is 0 Å². The molecule has 88 valence electrons. The van der Waals surface area contributed by atoms with Crippen LogP contribution in [0.25, 0.3) is 0 Å². The summed E-state index contributed by atoms with van der Waals surface area (Å²) < 4.78 is 19.2. The summed E-state index contributed by atoms with van der Waals surface area (Å²) in [4.78, 5) is 0. The molecule has 1 fully saturated rings. The minimum Gasteiger partial charge on any atom is -0.373 e. The molecule has 0 radical (unpaired) electrons. The van der Waals surface area contributed by atoms with Crippen molar-refractivity contribution in [2.75, 3.05) is 6.61 Å². The highest BCUT2D eigenvalue weighted by atomic mass is 19.1. The van der Waals surface area contributed by atoms with Crippen molar-refractivity contribution in [2.45, 2.75) is 39.2 Å². The molecule has 2 atom stereocenters. The summed E-state index contributed by atoms with van der Waals surface area (Å²) in [6, 6.07) is 5.43. The minimum absolute atomic E-state index is 0.0953. The van der Waals surface area contributed by atoms with Crippen molar-refractivity contribution < 1.29 is 9.13 Å². The highest BCUT2D eigenvalue weighted by Crippen LogP contribution is 2.32. The smallest absolute Gasteiger partial charge is 0.126 e. The summed E-state index contributed by atoms with van der Waals surface area (Å²) in [5.74, 6) is 0.560. The normalized spacial score (nSPS) is 25.7. The molecule has 1 heterocycles. The van der Waals surface area contributed by atoms with Gasteiger partial charge in [-0.2, -0.15) is 0 Å². The van der Waals surface area contributed by atoms with Crippen molar-refractivity contribution in [1.29, 1.82) is 0 Å². The van der Waals surface area contributed by atoms with Gasteiger partial charge in [-0.25, -0.2) is 4.39 Å². The first-order chi connectivity index (χ1) is 7.70. The monoisotopic (exact) mass is 222 g/mol. The summed E-state index contributed by atoms with van der Waals surface area (Å²) in [6.45, 7) is 4.80. The number of benzene rings is 1. The van der Waals surface area contributed by atoms with E-state index in [2.05, 4.69) is 6.92 Å². The molecule has 0 spiro atoms. The zero-order valence-electron chi connectivity index (χ0n) is 10.0. The first-order valence-electron chi connectivity index (χ1n) is 6.08. The largest absolute Gasteiger partial charge is 0.373 e. The van der Waals surface area contributed by atoms with Crippen LogP contribution in [0, 0.1) is 18.7 Å². The highest BCUT2D eigenvalue weighted by Gasteiger charge is 2.22. The van der Waals surface area contributed by atoms with Gasteiger partial charge < -0.3 is 4.74 Å². The number of hydrogen-bond donors (Lipinski definition) is 0. The number of aryl methyl sites for hydroxylation is 1. The van der Waals surface area contributed by atoms with E-state index in [9.17, 15) is 4.39 Å². The third-order valence-electron chi connectivity index (χ3n) is 3.52. The Hall–Kier alpha value is -0.890. The van der Waals surface area contributed by atoms with Gasteiger partial charge in [-0.1, -0.05) is 25.5 Å². The van der Waals surface area contributed by atoms with Crippen LogP contribution in [0.4, 0.5) is 4.39 Å². The highest BCUT2D eigenvalue weighted by molar-refractivity contribution is 5.25. The topological polar surface area (TPSA) is 9.23 Å². The van der Waals surface area contributed by atoms with Gasteiger partial charge in [0.25, 0.3) is 0 Å². The maximum atomic E-state index is 13.4. The van der Waals surface area contributed by atoms with Crippen molar-refractivity contribution >= 4 is 0 Å². The van der Waals surface area contributed by atoms with Crippen LogP contribution in [-0.4, -0.2) is 6.61 Å². The van der Waals surface area contributed by atoms with Gasteiger partial charge in [-0.3, -0.25) is 0 Å². The van der Waals surface area contributed by atoms with Crippen LogP contribution in [0.15, 0.2) is 18.2 Å². The van der Waals surface area contributed by atoms with Gasteiger partial charge >= 0.3 is 0 Å². The molecule has 1 saturated heterocycles. The lowest BCUT2D eigenvalue weighted by molar-refractivity contribution is -0.0182. The zero-order chi connectivity index (χ0) is 11.5. The molecule has 2 rings (SSSR count). The molecule has 1 nitrogen and oxygen atoms in total. The average molecular weight is 222 g/mol. The SMILES string of the molecule is CCC1CCC(c2ccc(C)c(F)c2)OC1. The lowest BCUT2D eigenvalue weighted by Gasteiger charge is -2.28. The van der Waals surface area contributed by atoms with Crippen molar-refractivity contribution in [3.05, 3.63) is 35.1 Å². The molecule has 0 N–H and O–H groups in total. The second-order valence-electron chi connectivity index (χ2n) is 4.68. The van der Waals surface area contributed by atoms with Crippen LogP contribution >= 0.6 is 0 Å². The Morgan fingerprint density at radius 2 is 2.19 bits per heavy atom. The molecule has 1 aliphatic rings. The first-order valence-corrected chi connectivity index (χ1v) is 6.08. The number of hydrogen-bond acceptors (Lipinski definition) is 1. The Labute approximate surface area is 96.6 Å². The molecule has 0 saturated carbocycles. The summed E-state index contributed by atoms with van der Waals surface area (Å²) in [6.07, 6.45) is 3.48. The predicted molar refractivity (Wildman–Crippen MR) is 62.8 cm³/mol. The van der Waals surface area contributed by atoms with Crippen LogP contribution in [0.3, 0.4) is 0 Å². The number of halogens is 1. The Kier molecular flexibility index (Phi) is 3.59. The molecule has 1 aromatic carbocycles. The van der Waals surface area contributed by atoms with Crippen LogP contribution in [0.1, 0.15) is 43.4 Å². The summed E-state index contributed by atoms with van der Waals surface area (Å²) in [7, 11) is 0. The molecule has 0 aliphatic carbocycles. The molecule has 1 aliphatic heterocycles. The van der Waals surface area contributed by atoms with Crippen molar-refractivity contribution in [1.82, 2.24) is 0 Å². The van der Waals surface area contributed by atoms with Gasteiger partial charge in [-0.15, -0.1) is 0 Å².